The number of anilines is 1. The molecule has 1 amide bonds. The number of carbonyl (C=O) groups excluding carboxylic acids is 1. The molecule has 146 valence electrons. The lowest BCUT2D eigenvalue weighted by atomic mass is 10.1. The Labute approximate surface area is 161 Å². The van der Waals surface area contributed by atoms with Crippen molar-refractivity contribution < 1.29 is 29.3 Å². The summed E-state index contributed by atoms with van der Waals surface area (Å²) in [6.45, 7) is 3.47. The van der Waals surface area contributed by atoms with E-state index in [2.05, 4.69) is 11.9 Å². The normalized spacial score (nSPS) is 12.6. The van der Waals surface area contributed by atoms with Crippen LogP contribution in [0.5, 0.6) is 0 Å². The van der Waals surface area contributed by atoms with Crippen LogP contribution in [0.2, 0.25) is 0 Å². The van der Waals surface area contributed by atoms with Crippen LogP contribution in [0.1, 0.15) is 21.5 Å². The number of carboxylic acid groups (broad SMARTS) is 2. The predicted octanol–water partition coefficient (Wildman–Crippen LogP) is 1.96. The third kappa shape index (κ3) is 5.50. The van der Waals surface area contributed by atoms with Crippen LogP contribution in [0.25, 0.3) is 6.08 Å². The number of nitrogens with one attached hydrogen (secondary N) is 1. The fourth-order valence-electron chi connectivity index (χ4n) is 2.36. The number of carboxylic acids is 2. The maximum Gasteiger partial charge on any atom is 0.335 e. The van der Waals surface area contributed by atoms with E-state index < -0.39 is 24.1 Å². The van der Waals surface area contributed by atoms with Crippen LogP contribution in [0, 0.1) is 0 Å². The Morgan fingerprint density at radius 2 is 1.79 bits per heavy atom. The molecule has 8 nitrogen and oxygen atoms in total. The molecule has 0 spiro atoms. The summed E-state index contributed by atoms with van der Waals surface area (Å²) in [5, 5.41) is 20.7. The second kappa shape index (κ2) is 9.45. The molecule has 5 N–H and O–H groups in total. The first kappa shape index (κ1) is 20.8. The monoisotopic (exact) mass is 384 g/mol. The largest absolute Gasteiger partial charge is 0.480 e. The van der Waals surface area contributed by atoms with E-state index in [1.165, 1.54) is 0 Å². The average molecular weight is 384 g/mol. The first-order valence-electron chi connectivity index (χ1n) is 8.27. The van der Waals surface area contributed by atoms with Gasteiger partial charge in [0.15, 0.2) is 6.10 Å². The van der Waals surface area contributed by atoms with Gasteiger partial charge in [-0.05, 0) is 35.4 Å². The lowest BCUT2D eigenvalue weighted by Gasteiger charge is -2.17. The highest BCUT2D eigenvalue weighted by Gasteiger charge is 2.31. The van der Waals surface area contributed by atoms with Crippen molar-refractivity contribution in [2.45, 2.75) is 18.8 Å². The lowest BCUT2D eigenvalue weighted by molar-refractivity contribution is -0.159. The predicted molar refractivity (Wildman–Crippen MR) is 103 cm³/mol. The minimum absolute atomic E-state index is 0.185. The minimum atomic E-state index is -1.70. The Morgan fingerprint density at radius 1 is 1.11 bits per heavy atom. The zero-order valence-electron chi connectivity index (χ0n) is 14.9. The van der Waals surface area contributed by atoms with E-state index in [0.717, 1.165) is 5.56 Å². The van der Waals surface area contributed by atoms with E-state index in [1.54, 1.807) is 54.6 Å². The number of ether oxygens (including phenoxy) is 1. The van der Waals surface area contributed by atoms with Gasteiger partial charge in [0, 0.05) is 11.3 Å². The van der Waals surface area contributed by atoms with Gasteiger partial charge in [0.1, 0.15) is 6.04 Å². The highest BCUT2D eigenvalue weighted by Crippen LogP contribution is 2.15. The van der Waals surface area contributed by atoms with Crippen molar-refractivity contribution in [3.8, 4) is 0 Å². The Kier molecular flexibility index (Phi) is 7.02. The summed E-state index contributed by atoms with van der Waals surface area (Å²) in [5.41, 5.74) is 7.72. The summed E-state index contributed by atoms with van der Waals surface area (Å²) in [7, 11) is 0. The molecule has 0 radical (unpaired) electrons. The van der Waals surface area contributed by atoms with Gasteiger partial charge in [-0.1, -0.05) is 36.9 Å². The van der Waals surface area contributed by atoms with Gasteiger partial charge in [-0.25, -0.2) is 4.79 Å². The number of hydrogen-bond acceptors (Lipinski definition) is 5. The minimum Gasteiger partial charge on any atom is -0.480 e. The molecule has 2 aromatic rings. The number of nitrogens with two attached hydrogens (primary N) is 1. The van der Waals surface area contributed by atoms with Crippen molar-refractivity contribution in [1.82, 2.24) is 0 Å². The Bertz CT molecular complexity index is 879. The van der Waals surface area contributed by atoms with Crippen molar-refractivity contribution >= 4 is 29.6 Å². The quantitative estimate of drug-likeness (QED) is 0.518. The molecule has 2 aromatic carbocycles. The Morgan fingerprint density at radius 3 is 2.36 bits per heavy atom. The van der Waals surface area contributed by atoms with Crippen molar-refractivity contribution in [1.29, 1.82) is 0 Å². The van der Waals surface area contributed by atoms with Crippen LogP contribution < -0.4 is 11.1 Å². The second-order valence-electron chi connectivity index (χ2n) is 5.91. The van der Waals surface area contributed by atoms with Crippen molar-refractivity contribution in [3.63, 3.8) is 0 Å². The molecular weight excluding hydrogens is 364 g/mol. The molecule has 8 heteroatoms. The lowest BCUT2D eigenvalue weighted by Crippen LogP contribution is -2.47. The van der Waals surface area contributed by atoms with Crippen LogP contribution >= 0.6 is 0 Å². The Hall–Kier alpha value is -3.49. The molecule has 0 heterocycles. The molecule has 0 aliphatic rings. The smallest absolute Gasteiger partial charge is 0.335 e. The van der Waals surface area contributed by atoms with E-state index >= 15 is 0 Å². The number of carbonyl (C=O) groups is 3. The average Bonchev–Trinajstić information content (AvgIpc) is 2.68. The standard InChI is InChI=1S/C20H20N2O6/c1-2-12-6-8-14(9-7-12)18(23)22-15-5-3-4-13(10-15)11-28-17(20(26)27)16(21)19(24)25/h2-10,16-17H,1,11,21H2,(H,22,23)(H,24,25)(H,26,27)/t16-,17-/m0/s1. The summed E-state index contributed by atoms with van der Waals surface area (Å²) in [6, 6.07) is 11.8. The molecule has 0 bridgehead atoms. The molecule has 0 aliphatic heterocycles. The number of hydrogen-bond donors (Lipinski definition) is 4. The van der Waals surface area contributed by atoms with Crippen LogP contribution in [0.4, 0.5) is 5.69 Å². The summed E-state index contributed by atoms with van der Waals surface area (Å²) in [6.07, 6.45) is -0.0228. The summed E-state index contributed by atoms with van der Waals surface area (Å²) >= 11 is 0. The van der Waals surface area contributed by atoms with Crippen LogP contribution in [-0.4, -0.2) is 40.2 Å². The molecule has 0 unspecified atom stereocenters. The van der Waals surface area contributed by atoms with Crippen LogP contribution in [-0.2, 0) is 20.9 Å². The molecule has 0 fully saturated rings. The maximum atomic E-state index is 12.3. The topological polar surface area (TPSA) is 139 Å². The molecule has 0 aliphatic carbocycles. The Balaban J connectivity index is 2.04. The van der Waals surface area contributed by atoms with E-state index in [-0.39, 0.29) is 12.5 Å². The van der Waals surface area contributed by atoms with Gasteiger partial charge in [-0.3, -0.25) is 9.59 Å². The molecule has 2 atom stereocenters. The fraction of sp³-hybridized carbons (Fsp3) is 0.150. The van der Waals surface area contributed by atoms with E-state index in [1.807, 2.05) is 0 Å². The third-order valence-corrected chi connectivity index (χ3v) is 3.88. The van der Waals surface area contributed by atoms with E-state index in [9.17, 15) is 14.4 Å². The fourth-order valence-corrected chi connectivity index (χ4v) is 2.36. The van der Waals surface area contributed by atoms with Gasteiger partial charge in [0.05, 0.1) is 6.61 Å². The molecular formula is C20H20N2O6. The third-order valence-electron chi connectivity index (χ3n) is 3.88. The highest BCUT2D eigenvalue weighted by molar-refractivity contribution is 6.04. The number of amides is 1. The summed E-state index contributed by atoms with van der Waals surface area (Å²) in [4.78, 5) is 34.4. The van der Waals surface area contributed by atoms with Crippen molar-refractivity contribution in [2.75, 3.05) is 5.32 Å². The van der Waals surface area contributed by atoms with Crippen molar-refractivity contribution in [3.05, 3.63) is 71.8 Å². The highest BCUT2D eigenvalue weighted by atomic mass is 16.5. The second-order valence-corrected chi connectivity index (χ2v) is 5.91. The number of rotatable bonds is 9. The van der Waals surface area contributed by atoms with E-state index in [4.69, 9.17) is 20.7 Å². The summed E-state index contributed by atoms with van der Waals surface area (Å²) < 4.78 is 5.16. The van der Waals surface area contributed by atoms with E-state index in [0.29, 0.717) is 16.8 Å². The molecule has 0 saturated carbocycles. The first-order valence-corrected chi connectivity index (χ1v) is 8.27. The molecule has 0 aromatic heterocycles. The molecule has 0 saturated heterocycles. The number of aliphatic carboxylic acids is 2. The van der Waals surface area contributed by atoms with Gasteiger partial charge in [-0.15, -0.1) is 0 Å². The summed E-state index contributed by atoms with van der Waals surface area (Å²) in [5.74, 6) is -3.26. The zero-order valence-corrected chi connectivity index (χ0v) is 14.9. The molecule has 2 rings (SSSR count). The maximum absolute atomic E-state index is 12.3. The van der Waals surface area contributed by atoms with Crippen molar-refractivity contribution in [2.24, 2.45) is 5.73 Å². The van der Waals surface area contributed by atoms with Crippen LogP contribution in [0.3, 0.4) is 0 Å². The van der Waals surface area contributed by atoms with Gasteiger partial charge in [0.2, 0.25) is 0 Å². The van der Waals surface area contributed by atoms with Crippen LogP contribution in [0.15, 0.2) is 55.1 Å². The molecule has 28 heavy (non-hydrogen) atoms. The van der Waals surface area contributed by atoms with Gasteiger partial charge in [-0.2, -0.15) is 0 Å². The SMILES string of the molecule is C=Cc1ccc(C(=O)Nc2cccc(CO[C@H](C(=O)O)[C@H](N)C(=O)O)c2)cc1. The number of benzene rings is 2. The van der Waals surface area contributed by atoms with Gasteiger partial charge < -0.3 is 26.0 Å². The zero-order chi connectivity index (χ0) is 20.7. The first-order chi connectivity index (χ1) is 13.3. The van der Waals surface area contributed by atoms with Gasteiger partial charge >= 0.3 is 11.9 Å². The van der Waals surface area contributed by atoms with Gasteiger partial charge in [0.25, 0.3) is 5.91 Å².